The molecule has 1 saturated carbocycles. The molecule has 0 aliphatic heterocycles. The molecule has 2 rings (SSSR count). The molecule has 1 aromatic rings. The summed E-state index contributed by atoms with van der Waals surface area (Å²) in [5.74, 6) is 0. The van der Waals surface area contributed by atoms with Crippen LogP contribution in [0.1, 0.15) is 18.4 Å². The van der Waals surface area contributed by atoms with Crippen molar-refractivity contribution in [2.45, 2.75) is 19.8 Å². The average Bonchev–Trinajstić information content (AvgIpc) is 3.19. The summed E-state index contributed by atoms with van der Waals surface area (Å²) in [6.45, 7) is 2.05. The van der Waals surface area contributed by atoms with E-state index in [0.717, 1.165) is 12.8 Å². The van der Waals surface area contributed by atoms with Gasteiger partial charge < -0.3 is 15.7 Å². The second-order valence-corrected chi connectivity index (χ2v) is 5.17. The van der Waals surface area contributed by atoms with Crippen LogP contribution >= 0.6 is 0 Å². The number of aliphatic hydroxyl groups excluding tert-OH is 1. The minimum atomic E-state index is -0.483. The standard InChI is InChI=1S/C13H17N3O4/c1-9-10(3-2-4-11(9)16(19)20)15-12(18)14-7-13(8-17)5-6-13/h2-4,17H,5-8H2,1H3,(H2,14,15,18). The molecular formula is C13H17N3O4. The summed E-state index contributed by atoms with van der Waals surface area (Å²) in [7, 11) is 0. The molecule has 20 heavy (non-hydrogen) atoms. The van der Waals surface area contributed by atoms with E-state index in [2.05, 4.69) is 10.6 Å². The van der Waals surface area contributed by atoms with E-state index in [4.69, 9.17) is 5.11 Å². The first-order valence-electron chi connectivity index (χ1n) is 6.37. The van der Waals surface area contributed by atoms with Gasteiger partial charge in [-0.3, -0.25) is 10.1 Å². The minimum Gasteiger partial charge on any atom is -0.396 e. The van der Waals surface area contributed by atoms with Crippen molar-refractivity contribution in [2.75, 3.05) is 18.5 Å². The quantitative estimate of drug-likeness (QED) is 0.564. The van der Waals surface area contributed by atoms with Gasteiger partial charge in [0.15, 0.2) is 0 Å². The zero-order valence-corrected chi connectivity index (χ0v) is 11.2. The summed E-state index contributed by atoms with van der Waals surface area (Å²) in [5, 5.41) is 25.2. The fraction of sp³-hybridized carbons (Fsp3) is 0.462. The van der Waals surface area contributed by atoms with Crippen LogP contribution in [0, 0.1) is 22.5 Å². The number of rotatable bonds is 5. The van der Waals surface area contributed by atoms with Crippen LogP contribution in [0.3, 0.4) is 0 Å². The zero-order valence-electron chi connectivity index (χ0n) is 11.2. The number of carbonyl (C=O) groups excluding carboxylic acids is 1. The number of hydrogen-bond donors (Lipinski definition) is 3. The highest BCUT2D eigenvalue weighted by Crippen LogP contribution is 2.44. The fourth-order valence-electron chi connectivity index (χ4n) is 1.96. The predicted octanol–water partition coefficient (Wildman–Crippen LogP) is 1.80. The van der Waals surface area contributed by atoms with Gasteiger partial charge in [0.2, 0.25) is 0 Å². The number of nitro benzene ring substituents is 1. The molecular weight excluding hydrogens is 262 g/mol. The second kappa shape index (κ2) is 5.46. The third-order valence-electron chi connectivity index (χ3n) is 3.67. The van der Waals surface area contributed by atoms with Gasteiger partial charge in [-0.25, -0.2) is 4.79 Å². The Hall–Kier alpha value is -2.15. The molecule has 0 radical (unpaired) electrons. The lowest BCUT2D eigenvalue weighted by atomic mass is 10.1. The number of hydrogen-bond acceptors (Lipinski definition) is 4. The average molecular weight is 279 g/mol. The predicted molar refractivity (Wildman–Crippen MR) is 73.6 cm³/mol. The smallest absolute Gasteiger partial charge is 0.319 e. The Morgan fingerprint density at radius 2 is 2.20 bits per heavy atom. The summed E-state index contributed by atoms with van der Waals surface area (Å²) in [4.78, 5) is 22.1. The SMILES string of the molecule is Cc1c(NC(=O)NCC2(CO)CC2)cccc1[N+](=O)[O-]. The lowest BCUT2D eigenvalue weighted by Gasteiger charge is -2.14. The van der Waals surface area contributed by atoms with Crippen LogP contribution in [-0.2, 0) is 0 Å². The first-order valence-corrected chi connectivity index (χ1v) is 6.37. The first-order chi connectivity index (χ1) is 9.47. The van der Waals surface area contributed by atoms with E-state index in [0.29, 0.717) is 17.8 Å². The second-order valence-electron chi connectivity index (χ2n) is 5.17. The third-order valence-corrected chi connectivity index (χ3v) is 3.67. The minimum absolute atomic E-state index is 0.0307. The zero-order chi connectivity index (χ0) is 14.8. The molecule has 7 heteroatoms. The largest absolute Gasteiger partial charge is 0.396 e. The molecule has 1 aromatic carbocycles. The molecule has 2 amide bonds. The fourth-order valence-corrected chi connectivity index (χ4v) is 1.96. The maximum atomic E-state index is 11.8. The Morgan fingerprint density at radius 1 is 1.50 bits per heavy atom. The molecule has 0 spiro atoms. The van der Waals surface area contributed by atoms with Gasteiger partial charge in [-0.05, 0) is 25.8 Å². The number of urea groups is 1. The van der Waals surface area contributed by atoms with Crippen molar-refractivity contribution >= 4 is 17.4 Å². The maximum absolute atomic E-state index is 11.8. The lowest BCUT2D eigenvalue weighted by molar-refractivity contribution is -0.385. The number of anilines is 1. The molecule has 7 nitrogen and oxygen atoms in total. The van der Waals surface area contributed by atoms with Crippen LogP contribution in [0.25, 0.3) is 0 Å². The van der Waals surface area contributed by atoms with Crippen LogP contribution < -0.4 is 10.6 Å². The molecule has 3 N–H and O–H groups in total. The molecule has 0 atom stereocenters. The number of amides is 2. The number of nitrogens with one attached hydrogen (secondary N) is 2. The van der Waals surface area contributed by atoms with E-state index in [1.165, 1.54) is 12.1 Å². The first kappa shape index (κ1) is 14.3. The summed E-state index contributed by atoms with van der Waals surface area (Å²) in [6, 6.07) is 4.11. The van der Waals surface area contributed by atoms with Gasteiger partial charge in [0.25, 0.3) is 5.69 Å². The van der Waals surface area contributed by atoms with E-state index in [-0.39, 0.29) is 17.7 Å². The topological polar surface area (TPSA) is 104 Å². The number of nitro groups is 1. The summed E-state index contributed by atoms with van der Waals surface area (Å²) >= 11 is 0. The van der Waals surface area contributed by atoms with Crippen molar-refractivity contribution in [3.05, 3.63) is 33.9 Å². The Balaban J connectivity index is 1.97. The highest BCUT2D eigenvalue weighted by atomic mass is 16.6. The number of benzene rings is 1. The molecule has 1 aliphatic rings. The van der Waals surface area contributed by atoms with Crippen LogP contribution in [0.4, 0.5) is 16.2 Å². The van der Waals surface area contributed by atoms with E-state index in [1.807, 2.05) is 0 Å². The molecule has 1 aliphatic carbocycles. The molecule has 1 fully saturated rings. The monoisotopic (exact) mass is 279 g/mol. The van der Waals surface area contributed by atoms with Crippen LogP contribution in [0.5, 0.6) is 0 Å². The van der Waals surface area contributed by atoms with Gasteiger partial charge >= 0.3 is 6.03 Å². The van der Waals surface area contributed by atoms with Crippen molar-refractivity contribution in [3.8, 4) is 0 Å². The van der Waals surface area contributed by atoms with Gasteiger partial charge in [-0.15, -0.1) is 0 Å². The summed E-state index contributed by atoms with van der Waals surface area (Å²) in [6.07, 6.45) is 1.80. The highest BCUT2D eigenvalue weighted by Gasteiger charge is 2.42. The van der Waals surface area contributed by atoms with Gasteiger partial charge in [-0.2, -0.15) is 0 Å². The molecule has 0 aromatic heterocycles. The Bertz CT molecular complexity index is 540. The summed E-state index contributed by atoms with van der Waals surface area (Å²) in [5.41, 5.74) is 0.619. The van der Waals surface area contributed by atoms with Gasteiger partial charge in [0.05, 0.1) is 22.8 Å². The van der Waals surface area contributed by atoms with Gasteiger partial charge in [0, 0.05) is 18.0 Å². The van der Waals surface area contributed by atoms with Crippen molar-refractivity contribution in [1.29, 1.82) is 0 Å². The van der Waals surface area contributed by atoms with E-state index >= 15 is 0 Å². The number of carbonyl (C=O) groups is 1. The van der Waals surface area contributed by atoms with Gasteiger partial charge in [-0.1, -0.05) is 6.07 Å². The van der Waals surface area contributed by atoms with Crippen molar-refractivity contribution in [3.63, 3.8) is 0 Å². The lowest BCUT2D eigenvalue weighted by Crippen LogP contribution is -2.35. The Kier molecular flexibility index (Phi) is 3.89. The Morgan fingerprint density at radius 3 is 2.75 bits per heavy atom. The highest BCUT2D eigenvalue weighted by molar-refractivity contribution is 5.90. The van der Waals surface area contributed by atoms with Crippen molar-refractivity contribution < 1.29 is 14.8 Å². The maximum Gasteiger partial charge on any atom is 0.319 e. The molecule has 0 unspecified atom stereocenters. The van der Waals surface area contributed by atoms with E-state index < -0.39 is 11.0 Å². The summed E-state index contributed by atoms with van der Waals surface area (Å²) < 4.78 is 0. The third kappa shape index (κ3) is 3.05. The van der Waals surface area contributed by atoms with Crippen LogP contribution in [0.15, 0.2) is 18.2 Å². The van der Waals surface area contributed by atoms with E-state index in [9.17, 15) is 14.9 Å². The van der Waals surface area contributed by atoms with Crippen molar-refractivity contribution in [1.82, 2.24) is 5.32 Å². The molecule has 0 bridgehead atoms. The van der Waals surface area contributed by atoms with Crippen molar-refractivity contribution in [2.24, 2.45) is 5.41 Å². The van der Waals surface area contributed by atoms with E-state index in [1.54, 1.807) is 13.0 Å². The Labute approximate surface area is 116 Å². The molecule has 0 heterocycles. The normalized spacial score (nSPS) is 15.5. The van der Waals surface area contributed by atoms with Crippen LogP contribution in [0.2, 0.25) is 0 Å². The number of aliphatic hydroxyl groups is 1. The molecule has 108 valence electrons. The van der Waals surface area contributed by atoms with Gasteiger partial charge in [0.1, 0.15) is 0 Å². The molecule has 0 saturated heterocycles. The van der Waals surface area contributed by atoms with Crippen LogP contribution in [-0.4, -0.2) is 29.2 Å². The number of nitrogens with zero attached hydrogens (tertiary/aromatic N) is 1.